The Kier molecular flexibility index (Phi) is 5.90. The number of thiophene rings is 1. The van der Waals surface area contributed by atoms with Crippen LogP contribution in [-0.2, 0) is 10.0 Å². The van der Waals surface area contributed by atoms with Gasteiger partial charge in [0.05, 0.1) is 23.4 Å². The number of hydrogen-bond donors (Lipinski definition) is 2. The quantitative estimate of drug-likeness (QED) is 0.609. The Labute approximate surface area is 166 Å². The Morgan fingerprint density at radius 1 is 1.14 bits per heavy atom. The number of anilines is 2. The Morgan fingerprint density at radius 3 is 2.54 bits per heavy atom. The lowest BCUT2D eigenvalue weighted by Gasteiger charge is -2.07. The van der Waals surface area contributed by atoms with Crippen molar-refractivity contribution in [3.63, 3.8) is 0 Å². The first kappa shape index (κ1) is 19.8. The van der Waals surface area contributed by atoms with E-state index in [9.17, 15) is 13.2 Å². The zero-order valence-electron chi connectivity index (χ0n) is 15.2. The molecule has 3 aromatic rings. The molecule has 0 saturated heterocycles. The maximum atomic E-state index is 12.5. The number of carbonyl (C=O) groups is 1. The van der Waals surface area contributed by atoms with Crippen LogP contribution in [0, 0.1) is 0 Å². The fraction of sp³-hybridized carbons (Fsp3) is 0.167. The lowest BCUT2D eigenvalue weighted by atomic mass is 10.2. The maximum absolute atomic E-state index is 12.5. The molecular formula is C18H18N4O4S2. The van der Waals surface area contributed by atoms with E-state index in [1.807, 2.05) is 12.3 Å². The van der Waals surface area contributed by atoms with Crippen molar-refractivity contribution in [2.24, 2.45) is 0 Å². The van der Waals surface area contributed by atoms with E-state index in [0.29, 0.717) is 28.9 Å². The summed E-state index contributed by atoms with van der Waals surface area (Å²) in [7, 11) is -3.39. The average molecular weight is 419 g/mol. The van der Waals surface area contributed by atoms with Gasteiger partial charge in [0, 0.05) is 23.6 Å². The third-order valence-corrected chi connectivity index (χ3v) is 5.02. The number of nitrogens with one attached hydrogen (secondary N) is 2. The molecule has 10 heteroatoms. The van der Waals surface area contributed by atoms with E-state index in [1.54, 1.807) is 42.7 Å². The van der Waals surface area contributed by atoms with Crippen LogP contribution in [-0.4, -0.2) is 37.2 Å². The SMILES string of the molecule is CCOc1ncc(-c2csc(C(=O)Nc3cccc(NS(C)(=O)=O)c3)c2)cn1. The number of benzene rings is 1. The van der Waals surface area contributed by atoms with Gasteiger partial charge in [0.25, 0.3) is 5.91 Å². The highest BCUT2D eigenvalue weighted by atomic mass is 32.2. The van der Waals surface area contributed by atoms with Gasteiger partial charge in [-0.3, -0.25) is 9.52 Å². The number of hydrogen-bond acceptors (Lipinski definition) is 7. The third kappa shape index (κ3) is 5.27. The zero-order chi connectivity index (χ0) is 20.1. The second-order valence-corrected chi connectivity index (χ2v) is 8.46. The molecule has 0 fully saturated rings. The van der Waals surface area contributed by atoms with Crippen LogP contribution in [0.4, 0.5) is 11.4 Å². The highest BCUT2D eigenvalue weighted by Crippen LogP contribution is 2.26. The van der Waals surface area contributed by atoms with Gasteiger partial charge < -0.3 is 10.1 Å². The number of aromatic nitrogens is 2. The molecule has 2 heterocycles. The fourth-order valence-corrected chi connectivity index (χ4v) is 3.71. The van der Waals surface area contributed by atoms with E-state index in [0.717, 1.165) is 17.4 Å². The molecule has 8 nitrogen and oxygen atoms in total. The molecule has 3 rings (SSSR count). The van der Waals surface area contributed by atoms with Crippen molar-refractivity contribution in [1.82, 2.24) is 9.97 Å². The first-order chi connectivity index (χ1) is 13.3. The minimum absolute atomic E-state index is 0.292. The molecule has 0 radical (unpaired) electrons. The first-order valence-corrected chi connectivity index (χ1v) is 11.0. The van der Waals surface area contributed by atoms with Crippen molar-refractivity contribution < 1.29 is 17.9 Å². The molecule has 28 heavy (non-hydrogen) atoms. The van der Waals surface area contributed by atoms with Crippen LogP contribution >= 0.6 is 11.3 Å². The summed E-state index contributed by atoms with van der Waals surface area (Å²) < 4.78 is 30.3. The van der Waals surface area contributed by atoms with Crippen LogP contribution in [0.15, 0.2) is 48.1 Å². The molecule has 2 aromatic heterocycles. The van der Waals surface area contributed by atoms with Crippen LogP contribution < -0.4 is 14.8 Å². The standard InChI is InChI=1S/C18H18N4O4S2/c1-3-26-18-19-9-13(10-20-18)12-7-16(27-11-12)17(23)21-14-5-4-6-15(8-14)22-28(2,24)25/h4-11,22H,3H2,1-2H3,(H,21,23). The monoisotopic (exact) mass is 418 g/mol. The van der Waals surface area contributed by atoms with Gasteiger partial charge in [-0.2, -0.15) is 0 Å². The highest BCUT2D eigenvalue weighted by Gasteiger charge is 2.12. The van der Waals surface area contributed by atoms with Gasteiger partial charge in [0.2, 0.25) is 10.0 Å². The van der Waals surface area contributed by atoms with Crippen molar-refractivity contribution in [1.29, 1.82) is 0 Å². The normalized spacial score (nSPS) is 11.1. The van der Waals surface area contributed by atoms with E-state index >= 15 is 0 Å². The molecule has 0 aliphatic carbocycles. The zero-order valence-corrected chi connectivity index (χ0v) is 16.8. The van der Waals surface area contributed by atoms with Crippen LogP contribution in [0.1, 0.15) is 16.6 Å². The molecule has 0 aliphatic rings. The molecule has 0 bridgehead atoms. The van der Waals surface area contributed by atoms with Gasteiger partial charge >= 0.3 is 6.01 Å². The highest BCUT2D eigenvalue weighted by molar-refractivity contribution is 7.92. The maximum Gasteiger partial charge on any atom is 0.316 e. The number of nitrogens with zero attached hydrogens (tertiary/aromatic N) is 2. The molecule has 1 aromatic carbocycles. The van der Waals surface area contributed by atoms with Crippen molar-refractivity contribution in [3.8, 4) is 17.1 Å². The van der Waals surface area contributed by atoms with Gasteiger partial charge in [-0.15, -0.1) is 11.3 Å². The van der Waals surface area contributed by atoms with Crippen molar-refractivity contribution in [2.45, 2.75) is 6.92 Å². The Hall–Kier alpha value is -2.98. The van der Waals surface area contributed by atoms with Crippen molar-refractivity contribution in [2.75, 3.05) is 22.9 Å². The number of amides is 1. The van der Waals surface area contributed by atoms with Crippen LogP contribution in [0.25, 0.3) is 11.1 Å². The molecule has 0 atom stereocenters. The van der Waals surface area contributed by atoms with Crippen LogP contribution in [0.5, 0.6) is 6.01 Å². The first-order valence-electron chi connectivity index (χ1n) is 8.27. The molecule has 146 valence electrons. The summed E-state index contributed by atoms with van der Waals surface area (Å²) >= 11 is 1.29. The van der Waals surface area contributed by atoms with Crippen molar-refractivity contribution >= 4 is 38.6 Å². The van der Waals surface area contributed by atoms with Gasteiger partial charge in [0.15, 0.2) is 0 Å². The molecule has 0 saturated carbocycles. The topological polar surface area (TPSA) is 110 Å². The summed E-state index contributed by atoms with van der Waals surface area (Å²) in [5.41, 5.74) is 2.46. The van der Waals surface area contributed by atoms with E-state index in [4.69, 9.17) is 4.74 Å². The second kappa shape index (κ2) is 8.36. The van der Waals surface area contributed by atoms with Crippen LogP contribution in [0.3, 0.4) is 0 Å². The molecule has 1 amide bonds. The molecule has 2 N–H and O–H groups in total. The average Bonchev–Trinajstić information content (AvgIpc) is 3.12. The van der Waals surface area contributed by atoms with E-state index in [2.05, 4.69) is 20.0 Å². The molecule has 0 spiro atoms. The minimum atomic E-state index is -3.39. The smallest absolute Gasteiger partial charge is 0.316 e. The fourth-order valence-electron chi connectivity index (χ4n) is 2.34. The summed E-state index contributed by atoms with van der Waals surface area (Å²) in [6.07, 6.45) is 4.35. The van der Waals surface area contributed by atoms with Gasteiger partial charge in [-0.1, -0.05) is 6.07 Å². The van der Waals surface area contributed by atoms with E-state index in [-0.39, 0.29) is 5.91 Å². The Bertz CT molecular complexity index is 1080. The number of rotatable bonds is 7. The largest absolute Gasteiger partial charge is 0.464 e. The molecule has 0 aliphatic heterocycles. The minimum Gasteiger partial charge on any atom is -0.464 e. The predicted molar refractivity (Wildman–Crippen MR) is 109 cm³/mol. The summed E-state index contributed by atoms with van der Waals surface area (Å²) in [6, 6.07) is 8.54. The van der Waals surface area contributed by atoms with Gasteiger partial charge in [0.1, 0.15) is 0 Å². The van der Waals surface area contributed by atoms with Crippen molar-refractivity contribution in [3.05, 3.63) is 53.0 Å². The predicted octanol–water partition coefficient (Wildman–Crippen LogP) is 3.23. The lowest BCUT2D eigenvalue weighted by molar-refractivity contribution is 0.103. The molecular weight excluding hydrogens is 400 g/mol. The van der Waals surface area contributed by atoms with Gasteiger partial charge in [-0.25, -0.2) is 18.4 Å². The molecule has 0 unspecified atom stereocenters. The Morgan fingerprint density at radius 2 is 1.86 bits per heavy atom. The second-order valence-electron chi connectivity index (χ2n) is 5.80. The summed E-state index contributed by atoms with van der Waals surface area (Å²) in [4.78, 5) is 21.2. The van der Waals surface area contributed by atoms with Gasteiger partial charge in [-0.05, 0) is 42.1 Å². The number of sulfonamides is 1. The summed E-state index contributed by atoms with van der Waals surface area (Å²) in [5, 5.41) is 4.60. The lowest BCUT2D eigenvalue weighted by Crippen LogP contribution is -2.12. The number of carbonyl (C=O) groups excluding carboxylic acids is 1. The Balaban J connectivity index is 1.71. The van der Waals surface area contributed by atoms with E-state index in [1.165, 1.54) is 11.3 Å². The summed E-state index contributed by atoms with van der Waals surface area (Å²) in [6.45, 7) is 2.34. The van der Waals surface area contributed by atoms with E-state index < -0.39 is 10.0 Å². The number of ether oxygens (including phenoxy) is 1. The van der Waals surface area contributed by atoms with Crippen LogP contribution in [0.2, 0.25) is 0 Å². The third-order valence-electron chi connectivity index (χ3n) is 3.48. The summed E-state index contributed by atoms with van der Waals surface area (Å²) in [5.74, 6) is -0.292.